The van der Waals surface area contributed by atoms with Gasteiger partial charge in [0, 0.05) is 0 Å². The summed E-state index contributed by atoms with van der Waals surface area (Å²) in [6, 6.07) is 38.1. The van der Waals surface area contributed by atoms with Crippen molar-refractivity contribution in [3.8, 4) is 11.4 Å². The summed E-state index contributed by atoms with van der Waals surface area (Å²) in [6.45, 7) is 0. The second kappa shape index (κ2) is 9.59. The number of anilines is 3. The van der Waals surface area contributed by atoms with Crippen molar-refractivity contribution >= 4 is 37.9 Å². The van der Waals surface area contributed by atoms with E-state index in [9.17, 15) is 8.42 Å². The first-order valence-electron chi connectivity index (χ1n) is 10.8. The molecule has 0 aliphatic carbocycles. The molecule has 4 aromatic carbocycles. The minimum atomic E-state index is -3.57. The molecule has 0 bridgehead atoms. The number of para-hydroxylation sites is 2. The minimum Gasteiger partial charge on any atom is -0.263 e. The van der Waals surface area contributed by atoms with Crippen LogP contribution in [0.1, 0.15) is 0 Å². The van der Waals surface area contributed by atoms with E-state index in [0.717, 1.165) is 16.9 Å². The maximum absolute atomic E-state index is 13.2. The van der Waals surface area contributed by atoms with Crippen LogP contribution in [0.3, 0.4) is 0 Å². The Morgan fingerprint density at radius 2 is 1.15 bits per heavy atom. The molecule has 0 spiro atoms. The maximum Gasteiger partial charge on any atom is 0.346 e. The van der Waals surface area contributed by atoms with Crippen molar-refractivity contribution in [3.63, 3.8) is 0 Å². The van der Waals surface area contributed by atoms with Gasteiger partial charge in [0.2, 0.25) is 15.7 Å². The van der Waals surface area contributed by atoms with Gasteiger partial charge in [0.05, 0.1) is 21.8 Å². The number of nitrogens with zero attached hydrogens (tertiary/aromatic N) is 3. The molecule has 34 heavy (non-hydrogen) atoms. The Labute approximate surface area is 203 Å². The molecule has 0 unspecified atom stereocenters. The predicted octanol–water partition coefficient (Wildman–Crippen LogP) is 6.00. The lowest BCUT2D eigenvalue weighted by Gasteiger charge is -2.18. The third-order valence-corrected chi connectivity index (χ3v) is 7.98. The van der Waals surface area contributed by atoms with E-state index in [2.05, 4.69) is 0 Å². The molecule has 0 saturated heterocycles. The van der Waals surface area contributed by atoms with Crippen LogP contribution in [0, 0.1) is 0 Å². The van der Waals surface area contributed by atoms with Gasteiger partial charge in [-0.15, -0.1) is 0 Å². The molecule has 5 rings (SSSR count). The maximum atomic E-state index is 13.2. The third-order valence-electron chi connectivity index (χ3n) is 5.27. The van der Waals surface area contributed by atoms with Crippen molar-refractivity contribution in [2.24, 2.45) is 0 Å². The fraction of sp³-hybridized carbons (Fsp3) is 0.0370. The van der Waals surface area contributed by atoms with E-state index in [0.29, 0.717) is 15.9 Å². The quantitative estimate of drug-likeness (QED) is 0.266. The van der Waals surface area contributed by atoms with Gasteiger partial charge < -0.3 is 0 Å². The smallest absolute Gasteiger partial charge is 0.263 e. The minimum absolute atomic E-state index is 0.198. The van der Waals surface area contributed by atoms with E-state index in [1.807, 2.05) is 102 Å². The van der Waals surface area contributed by atoms with Crippen molar-refractivity contribution in [3.05, 3.63) is 121 Å². The highest BCUT2D eigenvalue weighted by molar-refractivity contribution is 7.90. The van der Waals surface area contributed by atoms with Crippen molar-refractivity contribution in [1.29, 1.82) is 0 Å². The van der Waals surface area contributed by atoms with Gasteiger partial charge in [0.15, 0.2) is 0 Å². The lowest BCUT2D eigenvalue weighted by molar-refractivity contribution is -0.597. The van der Waals surface area contributed by atoms with E-state index in [-0.39, 0.29) is 5.88 Å². The van der Waals surface area contributed by atoms with E-state index >= 15 is 0 Å². The number of benzene rings is 4. The van der Waals surface area contributed by atoms with Gasteiger partial charge in [-0.3, -0.25) is 4.90 Å². The van der Waals surface area contributed by atoms with Crippen LogP contribution in [0.5, 0.6) is 0 Å². The van der Waals surface area contributed by atoms with Gasteiger partial charge in [0.25, 0.3) is 0 Å². The molecule has 1 aromatic heterocycles. The zero-order valence-electron chi connectivity index (χ0n) is 18.2. The average Bonchev–Trinajstić information content (AvgIpc) is 3.29. The van der Waals surface area contributed by atoms with Crippen molar-refractivity contribution < 1.29 is 12.4 Å². The number of hydrogen-bond donors (Lipinski definition) is 0. The molecular weight excluding hydrogens is 462 g/mol. The van der Waals surface area contributed by atoms with Gasteiger partial charge in [-0.05, 0) is 53.5 Å². The number of hydrogen-bond acceptors (Lipinski definition) is 5. The molecule has 0 radical (unpaired) electrons. The highest BCUT2D eigenvalue weighted by atomic mass is 32.2. The van der Waals surface area contributed by atoms with Crippen LogP contribution in [0.4, 0.5) is 16.5 Å². The first-order valence-corrected chi connectivity index (χ1v) is 13.2. The average molecular weight is 485 g/mol. The molecule has 1 heterocycles. The van der Waals surface area contributed by atoms with E-state index in [4.69, 9.17) is 4.98 Å². The molecule has 5 nitrogen and oxygen atoms in total. The molecular formula is C27H22N3O2S2+. The number of rotatable bonds is 7. The van der Waals surface area contributed by atoms with Crippen LogP contribution in [-0.4, -0.2) is 13.4 Å². The first-order chi connectivity index (χ1) is 16.6. The van der Waals surface area contributed by atoms with Gasteiger partial charge in [-0.1, -0.05) is 72.8 Å². The van der Waals surface area contributed by atoms with Crippen LogP contribution in [0.15, 0.2) is 126 Å². The standard InChI is InChI=1S/C27H22N3O2S2/c31-34(32,25-19-11-4-12-20-25)21-29-26(22-13-5-1-6-14-22)28-27(33-29)30(23-15-7-2-8-16-23)24-17-9-3-10-18-24/h1-20H,21H2/q+1. The molecule has 0 N–H and O–H groups in total. The number of aromatic nitrogens is 2. The van der Waals surface area contributed by atoms with Crippen molar-refractivity contribution in [2.45, 2.75) is 10.8 Å². The summed E-state index contributed by atoms with van der Waals surface area (Å²) in [6.07, 6.45) is 0. The summed E-state index contributed by atoms with van der Waals surface area (Å²) in [5.41, 5.74) is 2.74. The molecule has 0 aliphatic heterocycles. The van der Waals surface area contributed by atoms with Gasteiger partial charge >= 0.3 is 11.0 Å². The second-order valence-electron chi connectivity index (χ2n) is 7.62. The summed E-state index contributed by atoms with van der Waals surface area (Å²) in [5.74, 6) is 0.410. The summed E-state index contributed by atoms with van der Waals surface area (Å²) < 4.78 is 28.3. The van der Waals surface area contributed by atoms with Crippen molar-refractivity contribution in [1.82, 2.24) is 4.98 Å². The summed E-state index contributed by atoms with van der Waals surface area (Å²) in [5, 5.41) is 0.680. The summed E-state index contributed by atoms with van der Waals surface area (Å²) in [7, 11) is -3.57. The Morgan fingerprint density at radius 3 is 1.68 bits per heavy atom. The molecule has 0 amide bonds. The predicted molar refractivity (Wildman–Crippen MR) is 136 cm³/mol. The van der Waals surface area contributed by atoms with Crippen LogP contribution in [0.2, 0.25) is 0 Å². The van der Waals surface area contributed by atoms with E-state index in [1.165, 1.54) is 11.5 Å². The van der Waals surface area contributed by atoms with Crippen LogP contribution in [-0.2, 0) is 15.7 Å². The van der Waals surface area contributed by atoms with E-state index in [1.54, 1.807) is 28.2 Å². The lowest BCUT2D eigenvalue weighted by Crippen LogP contribution is -2.36. The molecule has 168 valence electrons. The molecule has 5 aromatic rings. The Hall–Kier alpha value is -3.81. The fourth-order valence-electron chi connectivity index (χ4n) is 3.66. The first kappa shape index (κ1) is 22.0. The monoisotopic (exact) mass is 484 g/mol. The molecule has 7 heteroatoms. The van der Waals surface area contributed by atoms with Gasteiger partial charge in [0.1, 0.15) is 11.5 Å². The molecule has 0 fully saturated rings. The van der Waals surface area contributed by atoms with Crippen LogP contribution in [0.25, 0.3) is 11.4 Å². The van der Waals surface area contributed by atoms with Gasteiger partial charge in [-0.25, -0.2) is 8.42 Å². The van der Waals surface area contributed by atoms with Crippen LogP contribution < -0.4 is 8.86 Å². The summed E-state index contributed by atoms with van der Waals surface area (Å²) >= 11 is 1.33. The fourth-order valence-corrected chi connectivity index (χ4v) is 6.29. The molecule has 0 atom stereocenters. The Kier molecular flexibility index (Phi) is 6.20. The van der Waals surface area contributed by atoms with Crippen molar-refractivity contribution in [2.75, 3.05) is 4.90 Å². The topological polar surface area (TPSA) is 54.2 Å². The highest BCUT2D eigenvalue weighted by Crippen LogP contribution is 2.36. The van der Waals surface area contributed by atoms with Gasteiger partial charge in [-0.2, -0.15) is 3.96 Å². The zero-order chi connectivity index (χ0) is 23.4. The lowest BCUT2D eigenvalue weighted by atomic mass is 10.2. The normalized spacial score (nSPS) is 11.3. The Bertz CT molecular complexity index is 1430. The number of sulfone groups is 1. The molecule has 0 aliphatic rings. The largest absolute Gasteiger partial charge is 0.346 e. The highest BCUT2D eigenvalue weighted by Gasteiger charge is 2.31. The van der Waals surface area contributed by atoms with E-state index < -0.39 is 9.84 Å². The Morgan fingerprint density at radius 1 is 0.676 bits per heavy atom. The molecule has 0 saturated carbocycles. The summed E-state index contributed by atoms with van der Waals surface area (Å²) in [4.78, 5) is 7.29. The SMILES string of the molecule is O=S(=O)(C[n+]1sc(N(c2ccccc2)c2ccccc2)nc1-c1ccccc1)c1ccccc1. The Balaban J connectivity index is 1.66. The zero-order valence-corrected chi connectivity index (χ0v) is 19.9. The van der Waals surface area contributed by atoms with Crippen LogP contribution >= 0.6 is 11.5 Å². The second-order valence-corrected chi connectivity index (χ2v) is 10.6. The third kappa shape index (κ3) is 4.62.